The fourth-order valence-corrected chi connectivity index (χ4v) is 1.81. The maximum absolute atomic E-state index is 13.9. The molecule has 0 aliphatic heterocycles. The van der Waals surface area contributed by atoms with Crippen LogP contribution in [0.25, 0.3) is 11.3 Å². The van der Waals surface area contributed by atoms with Crippen LogP contribution in [0.4, 0.5) is 14.9 Å². The normalized spacial score (nSPS) is 11.4. The van der Waals surface area contributed by atoms with E-state index in [0.29, 0.717) is 16.9 Å². The van der Waals surface area contributed by atoms with E-state index >= 15 is 0 Å². The molecule has 0 atom stereocenters. The van der Waals surface area contributed by atoms with Gasteiger partial charge < -0.3 is 10.5 Å². The summed E-state index contributed by atoms with van der Waals surface area (Å²) in [6.45, 7) is 5.33. The van der Waals surface area contributed by atoms with Crippen molar-refractivity contribution in [3.63, 3.8) is 0 Å². The topological polar surface area (TPSA) is 57.2 Å². The van der Waals surface area contributed by atoms with Gasteiger partial charge in [0.15, 0.2) is 0 Å². The Labute approximate surface area is 117 Å². The van der Waals surface area contributed by atoms with Crippen molar-refractivity contribution in [2.24, 2.45) is 0 Å². The molecule has 0 saturated carbocycles. The summed E-state index contributed by atoms with van der Waals surface area (Å²) in [5.41, 5.74) is 5.97. The second kappa shape index (κ2) is 5.00. The SMILES string of the molecule is CC(C)(C)OC(=O)n1cccc1-c1ccc(N)cc1F. The lowest BCUT2D eigenvalue weighted by atomic mass is 10.1. The quantitative estimate of drug-likeness (QED) is 0.809. The van der Waals surface area contributed by atoms with E-state index in [9.17, 15) is 9.18 Å². The minimum Gasteiger partial charge on any atom is -0.443 e. The Bertz CT molecular complexity index is 642. The van der Waals surface area contributed by atoms with Crippen LogP contribution in [0.1, 0.15) is 20.8 Å². The van der Waals surface area contributed by atoms with Crippen LogP contribution >= 0.6 is 0 Å². The molecule has 2 N–H and O–H groups in total. The van der Waals surface area contributed by atoms with E-state index in [-0.39, 0.29) is 0 Å². The van der Waals surface area contributed by atoms with Gasteiger partial charge in [0.2, 0.25) is 0 Å². The summed E-state index contributed by atoms with van der Waals surface area (Å²) in [6.07, 6.45) is 0.993. The van der Waals surface area contributed by atoms with Crippen LogP contribution in [0.5, 0.6) is 0 Å². The Morgan fingerprint density at radius 3 is 2.60 bits per heavy atom. The smallest absolute Gasteiger partial charge is 0.418 e. The Kier molecular flexibility index (Phi) is 3.53. The molecular weight excluding hydrogens is 259 g/mol. The molecule has 0 aliphatic rings. The molecule has 0 fully saturated rings. The number of ether oxygens (including phenoxy) is 1. The molecule has 106 valence electrons. The number of nitrogens with zero attached hydrogens (tertiary/aromatic N) is 1. The Morgan fingerprint density at radius 2 is 2.00 bits per heavy atom. The molecule has 4 nitrogen and oxygen atoms in total. The van der Waals surface area contributed by atoms with Crippen LogP contribution in [-0.2, 0) is 4.74 Å². The number of hydrogen-bond acceptors (Lipinski definition) is 3. The summed E-state index contributed by atoms with van der Waals surface area (Å²) in [4.78, 5) is 12.1. The van der Waals surface area contributed by atoms with Crippen LogP contribution in [0.15, 0.2) is 36.5 Å². The van der Waals surface area contributed by atoms with Gasteiger partial charge in [-0.15, -0.1) is 0 Å². The number of carbonyl (C=O) groups excluding carboxylic acids is 1. The molecule has 5 heteroatoms. The van der Waals surface area contributed by atoms with Gasteiger partial charge in [0.05, 0.1) is 5.69 Å². The van der Waals surface area contributed by atoms with E-state index in [4.69, 9.17) is 10.5 Å². The highest BCUT2D eigenvalue weighted by molar-refractivity contribution is 5.79. The third-order valence-electron chi connectivity index (χ3n) is 2.61. The first-order valence-electron chi connectivity index (χ1n) is 6.24. The van der Waals surface area contributed by atoms with Gasteiger partial charge in [-0.1, -0.05) is 0 Å². The average molecular weight is 276 g/mol. The van der Waals surface area contributed by atoms with Crippen LogP contribution in [0.2, 0.25) is 0 Å². The van der Waals surface area contributed by atoms with E-state index in [0.717, 1.165) is 0 Å². The second-order valence-electron chi connectivity index (χ2n) is 5.48. The lowest BCUT2D eigenvalue weighted by molar-refractivity contribution is 0.0540. The molecular formula is C15H17FN2O2. The predicted octanol–water partition coefficient (Wildman–Crippen LogP) is 3.66. The molecule has 0 aliphatic carbocycles. The fourth-order valence-electron chi connectivity index (χ4n) is 1.81. The number of nitrogen functional groups attached to an aromatic ring is 1. The predicted molar refractivity (Wildman–Crippen MR) is 75.9 cm³/mol. The zero-order valence-electron chi connectivity index (χ0n) is 11.7. The number of aromatic nitrogens is 1. The van der Waals surface area contributed by atoms with Crippen molar-refractivity contribution in [2.75, 3.05) is 5.73 Å². The van der Waals surface area contributed by atoms with Crippen LogP contribution < -0.4 is 5.73 Å². The van der Waals surface area contributed by atoms with E-state index in [1.165, 1.54) is 10.6 Å². The molecule has 1 aromatic carbocycles. The number of anilines is 1. The van der Waals surface area contributed by atoms with Gasteiger partial charge in [-0.2, -0.15) is 0 Å². The maximum atomic E-state index is 13.9. The minimum absolute atomic E-state index is 0.301. The van der Waals surface area contributed by atoms with Crippen molar-refractivity contribution in [2.45, 2.75) is 26.4 Å². The first kappa shape index (κ1) is 14.1. The highest BCUT2D eigenvalue weighted by Crippen LogP contribution is 2.25. The number of benzene rings is 1. The summed E-state index contributed by atoms with van der Waals surface area (Å²) in [5, 5.41) is 0. The molecule has 1 heterocycles. The van der Waals surface area contributed by atoms with Crippen LogP contribution in [-0.4, -0.2) is 16.3 Å². The fraction of sp³-hybridized carbons (Fsp3) is 0.267. The van der Waals surface area contributed by atoms with Gasteiger partial charge >= 0.3 is 6.09 Å². The summed E-state index contributed by atoms with van der Waals surface area (Å²) in [6, 6.07) is 7.67. The zero-order chi connectivity index (χ0) is 14.9. The molecule has 0 unspecified atom stereocenters. The van der Waals surface area contributed by atoms with Gasteiger partial charge in [-0.25, -0.2) is 9.18 Å². The van der Waals surface area contributed by atoms with Gasteiger partial charge in [-0.3, -0.25) is 4.57 Å². The molecule has 0 bridgehead atoms. The molecule has 0 spiro atoms. The first-order chi connectivity index (χ1) is 9.28. The molecule has 0 amide bonds. The second-order valence-corrected chi connectivity index (χ2v) is 5.48. The number of rotatable bonds is 1. The molecule has 2 aromatic rings. The largest absolute Gasteiger partial charge is 0.443 e. The molecule has 0 radical (unpaired) electrons. The van der Waals surface area contributed by atoms with E-state index in [1.807, 2.05) is 0 Å². The first-order valence-corrected chi connectivity index (χ1v) is 6.24. The van der Waals surface area contributed by atoms with Crippen LogP contribution in [0.3, 0.4) is 0 Å². The van der Waals surface area contributed by atoms with E-state index in [2.05, 4.69) is 0 Å². The lowest BCUT2D eigenvalue weighted by Crippen LogP contribution is -2.27. The molecule has 1 aromatic heterocycles. The number of nitrogens with two attached hydrogens (primary N) is 1. The minimum atomic E-state index is -0.613. The van der Waals surface area contributed by atoms with E-state index < -0.39 is 17.5 Å². The van der Waals surface area contributed by atoms with E-state index in [1.54, 1.807) is 51.2 Å². The number of halogens is 1. The third-order valence-corrected chi connectivity index (χ3v) is 2.61. The molecule has 0 saturated heterocycles. The Hall–Kier alpha value is -2.30. The highest BCUT2D eigenvalue weighted by atomic mass is 19.1. The Balaban J connectivity index is 2.40. The molecule has 2 rings (SSSR count). The summed E-state index contributed by atoms with van der Waals surface area (Å²) < 4.78 is 20.5. The summed E-state index contributed by atoms with van der Waals surface area (Å²) >= 11 is 0. The van der Waals surface area contributed by atoms with Crippen molar-refractivity contribution in [3.05, 3.63) is 42.3 Å². The van der Waals surface area contributed by atoms with Gasteiger partial charge in [-0.05, 0) is 51.1 Å². The van der Waals surface area contributed by atoms with Crippen molar-refractivity contribution < 1.29 is 13.9 Å². The number of carbonyl (C=O) groups is 1. The van der Waals surface area contributed by atoms with Gasteiger partial charge in [0.1, 0.15) is 11.4 Å². The summed E-state index contributed by atoms with van der Waals surface area (Å²) in [5.74, 6) is -0.478. The summed E-state index contributed by atoms with van der Waals surface area (Å²) in [7, 11) is 0. The van der Waals surface area contributed by atoms with Crippen LogP contribution in [0, 0.1) is 5.82 Å². The lowest BCUT2D eigenvalue weighted by Gasteiger charge is -2.20. The van der Waals surface area contributed by atoms with Crippen molar-refractivity contribution in [3.8, 4) is 11.3 Å². The van der Waals surface area contributed by atoms with Crippen molar-refractivity contribution in [1.82, 2.24) is 4.57 Å². The van der Waals surface area contributed by atoms with Crippen molar-refractivity contribution in [1.29, 1.82) is 0 Å². The van der Waals surface area contributed by atoms with Crippen molar-refractivity contribution >= 4 is 11.8 Å². The molecule has 20 heavy (non-hydrogen) atoms. The number of hydrogen-bond donors (Lipinski definition) is 1. The zero-order valence-corrected chi connectivity index (χ0v) is 11.7. The highest BCUT2D eigenvalue weighted by Gasteiger charge is 2.20. The van der Waals surface area contributed by atoms with Gasteiger partial charge in [0, 0.05) is 17.4 Å². The third kappa shape index (κ3) is 2.99. The Morgan fingerprint density at radius 1 is 1.30 bits per heavy atom. The monoisotopic (exact) mass is 276 g/mol. The standard InChI is InChI=1S/C15H17FN2O2/c1-15(2,3)20-14(19)18-8-4-5-13(18)11-7-6-10(17)9-12(11)16/h4-9H,17H2,1-3H3. The average Bonchev–Trinajstić information content (AvgIpc) is 2.75. The van der Waals surface area contributed by atoms with Gasteiger partial charge in [0.25, 0.3) is 0 Å². The maximum Gasteiger partial charge on any atom is 0.418 e.